The first-order valence-electron chi connectivity index (χ1n) is 12.9. The number of fused-ring (bicyclic) bond motifs is 2. The number of aliphatic carboxylic acids is 1. The molecule has 1 aliphatic carbocycles. The van der Waals surface area contributed by atoms with Crippen molar-refractivity contribution >= 4 is 42.1 Å². The van der Waals surface area contributed by atoms with Gasteiger partial charge in [0.05, 0.1) is 6.04 Å². The van der Waals surface area contributed by atoms with Gasteiger partial charge in [0.15, 0.2) is 5.71 Å². The molecule has 2 aromatic rings. The standard InChI is InChI=1S/C28H33N3OSi.C2HF3O2/c1-17(2)14-24(30)28(32)31-20-11-13-23-26(16-20)33(4,5)25-15-19(29)10-12-22(25)27(23)21-9-7-6-8-18(21)3;3-2(4,5)1(6)7/h6-13,15-17,24,29H,14,30H2,1-5H3,(H,31,32);(H,6,7)/t24-;/m1./s1. The van der Waals surface area contributed by atoms with Crippen LogP contribution < -0.4 is 26.8 Å². The fraction of sp³-hybridized carbons (Fsp3) is 0.300. The van der Waals surface area contributed by atoms with Gasteiger partial charge < -0.3 is 21.0 Å². The van der Waals surface area contributed by atoms with Crippen LogP contribution in [0.1, 0.15) is 37.0 Å². The van der Waals surface area contributed by atoms with E-state index in [9.17, 15) is 18.0 Å². The van der Waals surface area contributed by atoms with Crippen molar-refractivity contribution < 1.29 is 33.3 Å². The van der Waals surface area contributed by atoms with Crippen molar-refractivity contribution in [1.29, 1.82) is 0 Å². The smallest absolute Gasteiger partial charge is 0.430 e. The molecule has 212 valence electrons. The number of carbonyl (C=O) groups excluding carboxylic acids is 2. The third kappa shape index (κ3) is 6.68. The second-order valence-corrected chi connectivity index (χ2v) is 15.2. The lowest BCUT2D eigenvalue weighted by Crippen LogP contribution is -2.51. The van der Waals surface area contributed by atoms with E-state index in [-0.39, 0.29) is 5.91 Å². The molecule has 0 bridgehead atoms. The van der Waals surface area contributed by atoms with Crippen LogP contribution in [0.4, 0.5) is 18.9 Å². The Morgan fingerprint density at radius 1 is 1.07 bits per heavy atom. The number of alkyl halides is 3. The lowest BCUT2D eigenvalue weighted by atomic mass is 9.87. The predicted molar refractivity (Wildman–Crippen MR) is 152 cm³/mol. The molecule has 0 saturated heterocycles. The van der Waals surface area contributed by atoms with Crippen LogP contribution in [0.25, 0.3) is 5.57 Å². The Kier molecular flexibility index (Phi) is 9.06. The van der Waals surface area contributed by atoms with Crippen LogP contribution in [-0.4, -0.2) is 37.9 Å². The second kappa shape index (κ2) is 11.8. The van der Waals surface area contributed by atoms with E-state index in [0.717, 1.165) is 11.4 Å². The number of nitrogens with two attached hydrogens (primary N) is 2. The summed E-state index contributed by atoms with van der Waals surface area (Å²) in [5.41, 5.74) is 13.9. The molecule has 0 unspecified atom stereocenters. The lowest BCUT2D eigenvalue weighted by molar-refractivity contribution is -0.344. The maximum absolute atomic E-state index is 12.7. The Labute approximate surface area is 233 Å². The summed E-state index contributed by atoms with van der Waals surface area (Å²) < 4.78 is 31.5. The Bertz CT molecular complexity index is 1440. The van der Waals surface area contributed by atoms with E-state index in [1.165, 1.54) is 38.2 Å². The lowest BCUT2D eigenvalue weighted by Gasteiger charge is -2.38. The van der Waals surface area contributed by atoms with E-state index in [1.807, 2.05) is 12.1 Å². The Morgan fingerprint density at radius 2 is 1.70 bits per heavy atom. The number of aryl methyl sites for hydroxylation is 1. The fourth-order valence-corrected chi connectivity index (χ4v) is 8.04. The number of rotatable bonds is 5. The summed E-state index contributed by atoms with van der Waals surface area (Å²) in [7, 11) is -2.07. The number of halogens is 3. The zero-order chi connectivity index (χ0) is 30.0. The fourth-order valence-electron chi connectivity index (χ4n) is 4.94. The molecule has 1 heterocycles. The van der Waals surface area contributed by atoms with Gasteiger partial charge in [0.25, 0.3) is 0 Å². The van der Waals surface area contributed by atoms with Crippen LogP contribution in [0.3, 0.4) is 0 Å². The first kappa shape index (κ1) is 30.8. The Hall–Kier alpha value is -3.76. The monoisotopic (exact) mass is 569 g/mol. The Morgan fingerprint density at radius 3 is 2.27 bits per heavy atom. The van der Waals surface area contributed by atoms with Crippen molar-refractivity contribution in [2.75, 3.05) is 5.32 Å². The number of amides is 1. The van der Waals surface area contributed by atoms with Gasteiger partial charge in [-0.1, -0.05) is 57.3 Å². The van der Waals surface area contributed by atoms with Crippen molar-refractivity contribution in [2.45, 2.75) is 52.5 Å². The van der Waals surface area contributed by atoms with Gasteiger partial charge in [0, 0.05) is 17.8 Å². The van der Waals surface area contributed by atoms with Crippen LogP contribution in [0.5, 0.6) is 0 Å². The average Bonchev–Trinajstić information content (AvgIpc) is 2.85. The highest BCUT2D eigenvalue weighted by molar-refractivity contribution is 6.98. The highest BCUT2D eigenvalue weighted by Crippen LogP contribution is 2.42. The van der Waals surface area contributed by atoms with Gasteiger partial charge in [0.1, 0.15) is 14.0 Å². The zero-order valence-corrected chi connectivity index (χ0v) is 24.1. The van der Waals surface area contributed by atoms with Crippen molar-refractivity contribution in [3.05, 3.63) is 88.2 Å². The summed E-state index contributed by atoms with van der Waals surface area (Å²) in [4.78, 5) is 21.5. The van der Waals surface area contributed by atoms with Crippen molar-refractivity contribution in [1.82, 2.24) is 0 Å². The summed E-state index contributed by atoms with van der Waals surface area (Å²) in [6, 6.07) is 14.3. The molecule has 1 aliphatic heterocycles. The topological polar surface area (TPSA) is 121 Å². The minimum absolute atomic E-state index is 0.133. The zero-order valence-electron chi connectivity index (χ0n) is 23.1. The van der Waals surface area contributed by atoms with Crippen molar-refractivity contribution in [2.24, 2.45) is 11.7 Å². The number of allylic oxidation sites excluding steroid dienone is 5. The van der Waals surface area contributed by atoms with Crippen LogP contribution in [0.15, 0.2) is 71.5 Å². The Balaban J connectivity index is 0.000000559. The molecule has 0 aromatic heterocycles. The van der Waals surface area contributed by atoms with E-state index >= 15 is 0 Å². The predicted octanol–water partition coefficient (Wildman–Crippen LogP) is 2.57. The van der Waals surface area contributed by atoms with Gasteiger partial charge in [-0.15, -0.1) is 0 Å². The molecule has 1 atom stereocenters. The molecule has 6 nitrogen and oxygen atoms in total. The highest BCUT2D eigenvalue weighted by Gasteiger charge is 2.40. The molecule has 10 heteroatoms. The number of anilines is 1. The van der Waals surface area contributed by atoms with Gasteiger partial charge in [-0.25, -0.2) is 0 Å². The number of benzene rings is 2. The molecule has 2 aliphatic rings. The molecule has 40 heavy (non-hydrogen) atoms. The second-order valence-electron chi connectivity index (χ2n) is 10.9. The van der Waals surface area contributed by atoms with Crippen LogP contribution in [0, 0.1) is 12.8 Å². The molecular weight excluding hydrogens is 535 g/mol. The van der Waals surface area contributed by atoms with E-state index in [2.05, 4.69) is 87.7 Å². The summed E-state index contributed by atoms with van der Waals surface area (Å²) in [5, 5.41) is 20.7. The average molecular weight is 570 g/mol. The minimum Gasteiger partial charge on any atom is -0.542 e. The van der Waals surface area contributed by atoms with Crippen LogP contribution >= 0.6 is 0 Å². The largest absolute Gasteiger partial charge is 0.542 e. The molecular formula is C30H34F3N3O3Si. The normalized spacial score (nSPS) is 16.4. The molecule has 0 fully saturated rings. The molecule has 0 saturated carbocycles. The van der Waals surface area contributed by atoms with E-state index < -0.39 is 26.3 Å². The van der Waals surface area contributed by atoms with Gasteiger partial charge in [0.2, 0.25) is 5.91 Å². The van der Waals surface area contributed by atoms with Gasteiger partial charge in [-0.3, -0.25) is 10.2 Å². The third-order valence-corrected chi connectivity index (χ3v) is 10.4. The maximum atomic E-state index is 12.7. The molecule has 5 N–H and O–H groups in total. The molecule has 1 amide bonds. The first-order valence-corrected chi connectivity index (χ1v) is 15.9. The molecule has 2 aromatic carbocycles. The highest BCUT2D eigenvalue weighted by atomic mass is 28.3. The third-order valence-electron chi connectivity index (χ3n) is 6.92. The molecule has 0 radical (unpaired) electrons. The number of carbonyl (C=O) groups is 2. The summed E-state index contributed by atoms with van der Waals surface area (Å²) in [5.74, 6) is -2.77. The van der Waals surface area contributed by atoms with Crippen LogP contribution in [-0.2, 0) is 9.59 Å². The summed E-state index contributed by atoms with van der Waals surface area (Å²) >= 11 is 0. The van der Waals surface area contributed by atoms with Crippen molar-refractivity contribution in [3.8, 4) is 0 Å². The minimum atomic E-state index is -5.19. The number of carboxylic acids is 1. The number of carboxylic acid groups (broad SMARTS) is 1. The number of hydrogen-bond donors (Lipinski definition) is 3. The van der Waals surface area contributed by atoms with Gasteiger partial charge in [-0.05, 0) is 75.7 Å². The SMILES string of the molecule is Cc1ccccc1C1=C2C=CC(=[NH2+])C=C2[Si](C)(C)c2cc(NC(=O)[C@H](N)CC(C)C)ccc21.O=C([O-])C(F)(F)F. The van der Waals surface area contributed by atoms with Crippen molar-refractivity contribution in [3.63, 3.8) is 0 Å². The molecule has 0 spiro atoms. The summed E-state index contributed by atoms with van der Waals surface area (Å²) in [6.45, 7) is 11.0. The van der Waals surface area contributed by atoms with Gasteiger partial charge in [-0.2, -0.15) is 13.2 Å². The van der Waals surface area contributed by atoms with E-state index in [4.69, 9.17) is 21.0 Å². The maximum Gasteiger partial charge on any atom is 0.430 e. The van der Waals surface area contributed by atoms with Gasteiger partial charge >= 0.3 is 6.18 Å². The number of nitrogens with one attached hydrogen (secondary N) is 1. The van der Waals surface area contributed by atoms with Crippen LogP contribution in [0.2, 0.25) is 13.1 Å². The van der Waals surface area contributed by atoms with E-state index in [0.29, 0.717) is 12.3 Å². The quantitative estimate of drug-likeness (QED) is 0.480. The summed E-state index contributed by atoms with van der Waals surface area (Å²) in [6.07, 6.45) is 1.78. The molecule has 4 rings (SSSR count). The van der Waals surface area contributed by atoms with E-state index in [1.54, 1.807) is 0 Å². The number of hydrogen-bond acceptors (Lipinski definition) is 4. The first-order chi connectivity index (χ1) is 18.5.